The predicted octanol–water partition coefficient (Wildman–Crippen LogP) is 0.272. The highest BCUT2D eigenvalue weighted by Gasteiger charge is 2.15. The number of fused-ring (bicyclic) bond motifs is 3. The minimum atomic E-state index is 0. The Kier molecular flexibility index (Phi) is 2.86. The Morgan fingerprint density at radius 2 is 1.71 bits per heavy atom. The fraction of sp³-hybridized carbons (Fsp3) is 0. The van der Waals surface area contributed by atoms with Crippen LogP contribution in [0, 0.1) is 5.39 Å². The molecule has 1 aromatic carbocycles. The Morgan fingerprint density at radius 1 is 1.00 bits per heavy atom. The molecule has 0 aliphatic heterocycles. The SMILES string of the molecule is N#[N+]c1cc2cccnc2c2ncccc12.[Cl-]. The van der Waals surface area contributed by atoms with Gasteiger partial charge in [-0.15, -0.1) is 0 Å². The number of hydrogen-bond donors (Lipinski definition) is 0. The van der Waals surface area contributed by atoms with Crippen LogP contribution in [-0.4, -0.2) is 9.97 Å². The first-order valence-corrected chi connectivity index (χ1v) is 4.88. The standard InChI is InChI=1S/C12H7N4.ClH/c13-16-10-7-8-3-1-5-14-11(8)12-9(10)4-2-6-15-12;/h1-7H;1H/q+1;/p-1. The molecule has 5 heteroatoms. The molecule has 4 nitrogen and oxygen atoms in total. The number of benzene rings is 1. The van der Waals surface area contributed by atoms with Crippen molar-refractivity contribution in [2.45, 2.75) is 0 Å². The van der Waals surface area contributed by atoms with Gasteiger partial charge in [-0.25, -0.2) is 0 Å². The van der Waals surface area contributed by atoms with Gasteiger partial charge in [0.15, 0.2) is 4.98 Å². The molecule has 82 valence electrons. The first kappa shape index (κ1) is 11.2. The summed E-state index contributed by atoms with van der Waals surface area (Å²) in [7, 11) is 0. The lowest BCUT2D eigenvalue weighted by atomic mass is 10.1. The summed E-state index contributed by atoms with van der Waals surface area (Å²) in [6, 6.07) is 9.24. The summed E-state index contributed by atoms with van der Waals surface area (Å²) in [5.74, 6) is 0. The van der Waals surface area contributed by atoms with Crippen LogP contribution in [0.2, 0.25) is 0 Å². The fourth-order valence-corrected chi connectivity index (χ4v) is 1.84. The van der Waals surface area contributed by atoms with Crippen molar-refractivity contribution < 1.29 is 12.4 Å². The second kappa shape index (κ2) is 4.32. The second-order valence-corrected chi connectivity index (χ2v) is 3.47. The number of hydrogen-bond acceptors (Lipinski definition) is 3. The Bertz CT molecular complexity index is 733. The summed E-state index contributed by atoms with van der Waals surface area (Å²) in [6.07, 6.45) is 3.43. The van der Waals surface area contributed by atoms with Crippen molar-refractivity contribution in [3.8, 4) is 0 Å². The normalized spacial score (nSPS) is 9.82. The van der Waals surface area contributed by atoms with E-state index >= 15 is 0 Å². The molecule has 0 bridgehead atoms. The summed E-state index contributed by atoms with van der Waals surface area (Å²) < 4.78 is 0. The van der Waals surface area contributed by atoms with E-state index in [2.05, 4.69) is 14.9 Å². The van der Waals surface area contributed by atoms with Gasteiger partial charge in [0.05, 0.1) is 10.9 Å². The zero-order valence-corrected chi connectivity index (χ0v) is 9.46. The molecule has 17 heavy (non-hydrogen) atoms. The van der Waals surface area contributed by atoms with Crippen LogP contribution in [0.25, 0.3) is 26.8 Å². The zero-order chi connectivity index (χ0) is 11.0. The van der Waals surface area contributed by atoms with Gasteiger partial charge >= 0.3 is 5.69 Å². The lowest BCUT2D eigenvalue weighted by molar-refractivity contribution is -0.00000342. The highest BCUT2D eigenvalue weighted by atomic mass is 35.5. The van der Waals surface area contributed by atoms with Crippen LogP contribution >= 0.6 is 0 Å². The Morgan fingerprint density at radius 3 is 2.47 bits per heavy atom. The summed E-state index contributed by atoms with van der Waals surface area (Å²) in [5, 5.41) is 10.7. The van der Waals surface area contributed by atoms with Gasteiger partial charge in [-0.2, -0.15) is 0 Å². The Labute approximate surface area is 103 Å². The van der Waals surface area contributed by atoms with Crippen molar-refractivity contribution in [1.29, 1.82) is 5.39 Å². The molecule has 2 aromatic heterocycles. The number of rotatable bonds is 0. The molecular weight excluding hydrogens is 236 g/mol. The van der Waals surface area contributed by atoms with Gasteiger partial charge in [0, 0.05) is 23.8 Å². The lowest BCUT2D eigenvalue weighted by Crippen LogP contribution is -3.00. The van der Waals surface area contributed by atoms with Crippen molar-refractivity contribution in [3.63, 3.8) is 0 Å². The predicted molar refractivity (Wildman–Crippen MR) is 61.8 cm³/mol. The van der Waals surface area contributed by atoms with Crippen molar-refractivity contribution in [2.75, 3.05) is 0 Å². The molecule has 0 fully saturated rings. The lowest BCUT2D eigenvalue weighted by Gasteiger charge is -1.98. The van der Waals surface area contributed by atoms with E-state index in [4.69, 9.17) is 5.39 Å². The van der Waals surface area contributed by atoms with E-state index in [0.717, 1.165) is 21.8 Å². The van der Waals surface area contributed by atoms with E-state index in [9.17, 15) is 0 Å². The summed E-state index contributed by atoms with van der Waals surface area (Å²) >= 11 is 0. The number of pyridine rings is 2. The number of nitrogens with zero attached hydrogens (tertiary/aromatic N) is 4. The molecule has 0 aliphatic carbocycles. The Balaban J connectivity index is 0.00000108. The molecule has 3 rings (SSSR count). The molecule has 0 atom stereocenters. The van der Waals surface area contributed by atoms with Crippen LogP contribution in [0.1, 0.15) is 0 Å². The summed E-state index contributed by atoms with van der Waals surface area (Å²) in [4.78, 5) is 11.9. The molecule has 0 saturated carbocycles. The van der Waals surface area contributed by atoms with E-state index < -0.39 is 0 Å². The van der Waals surface area contributed by atoms with Crippen molar-refractivity contribution in [1.82, 2.24) is 9.97 Å². The van der Waals surface area contributed by atoms with Gasteiger partial charge in [0.25, 0.3) is 0 Å². The maximum absolute atomic E-state index is 8.97. The summed E-state index contributed by atoms with van der Waals surface area (Å²) in [6.45, 7) is 0. The first-order valence-electron chi connectivity index (χ1n) is 4.88. The van der Waals surface area contributed by atoms with Gasteiger partial charge < -0.3 is 12.4 Å². The molecule has 0 amide bonds. The quantitative estimate of drug-likeness (QED) is 0.420. The molecule has 0 saturated heterocycles. The molecule has 2 heterocycles. The van der Waals surface area contributed by atoms with Crippen LogP contribution in [0.5, 0.6) is 0 Å². The molecule has 0 radical (unpaired) electrons. The zero-order valence-electron chi connectivity index (χ0n) is 8.71. The molecule has 0 N–H and O–H groups in total. The maximum Gasteiger partial charge on any atom is 0.395 e. The van der Waals surface area contributed by atoms with Crippen LogP contribution in [0.15, 0.2) is 42.7 Å². The van der Waals surface area contributed by atoms with E-state index in [0.29, 0.717) is 5.69 Å². The third-order valence-corrected chi connectivity index (χ3v) is 2.55. The second-order valence-electron chi connectivity index (χ2n) is 3.47. The van der Waals surface area contributed by atoms with E-state index in [1.165, 1.54) is 0 Å². The average molecular weight is 243 g/mol. The summed E-state index contributed by atoms with van der Waals surface area (Å²) in [5.41, 5.74) is 2.10. The van der Waals surface area contributed by atoms with E-state index in [-0.39, 0.29) is 12.4 Å². The van der Waals surface area contributed by atoms with Gasteiger partial charge in [0.1, 0.15) is 5.52 Å². The molecule has 0 unspecified atom stereocenters. The topological polar surface area (TPSA) is 53.9 Å². The van der Waals surface area contributed by atoms with Gasteiger partial charge in [-0.3, -0.25) is 9.97 Å². The largest absolute Gasteiger partial charge is 1.00 e. The Hall–Kier alpha value is -2.25. The maximum atomic E-state index is 8.97. The van der Waals surface area contributed by atoms with E-state index in [1.807, 2.05) is 24.3 Å². The van der Waals surface area contributed by atoms with Gasteiger partial charge in [-0.05, 0) is 18.2 Å². The number of aromatic nitrogens is 2. The average Bonchev–Trinajstić information content (AvgIpc) is 2.38. The van der Waals surface area contributed by atoms with Crippen LogP contribution in [0.4, 0.5) is 5.69 Å². The number of diazo groups is 1. The van der Waals surface area contributed by atoms with Gasteiger partial charge in [0.2, 0.25) is 5.39 Å². The van der Waals surface area contributed by atoms with E-state index in [1.54, 1.807) is 18.5 Å². The van der Waals surface area contributed by atoms with Crippen molar-refractivity contribution in [3.05, 3.63) is 47.7 Å². The molecule has 0 aliphatic rings. The molecular formula is C12H7ClN4. The minimum absolute atomic E-state index is 0. The third kappa shape index (κ3) is 1.67. The molecule has 0 spiro atoms. The van der Waals surface area contributed by atoms with Crippen LogP contribution < -0.4 is 12.4 Å². The minimum Gasteiger partial charge on any atom is -1.00 e. The van der Waals surface area contributed by atoms with Crippen molar-refractivity contribution in [2.24, 2.45) is 0 Å². The van der Waals surface area contributed by atoms with Crippen molar-refractivity contribution >= 4 is 27.5 Å². The fourth-order valence-electron chi connectivity index (χ4n) is 1.84. The molecule has 3 aromatic rings. The third-order valence-electron chi connectivity index (χ3n) is 2.55. The van der Waals surface area contributed by atoms with Crippen LogP contribution in [0.3, 0.4) is 0 Å². The van der Waals surface area contributed by atoms with Crippen LogP contribution in [-0.2, 0) is 0 Å². The first-order chi connectivity index (χ1) is 7.90. The van der Waals surface area contributed by atoms with Gasteiger partial charge in [-0.1, -0.05) is 6.07 Å². The smallest absolute Gasteiger partial charge is 0.395 e. The highest BCUT2D eigenvalue weighted by Crippen LogP contribution is 2.30. The number of halogens is 1. The monoisotopic (exact) mass is 242 g/mol. The highest BCUT2D eigenvalue weighted by molar-refractivity contribution is 6.09.